The third-order valence-corrected chi connectivity index (χ3v) is 18.4. The molecule has 0 bridgehead atoms. The number of unbranched alkanes of at least 4 members (excludes halogenated alkanes) is 55. The molecule has 0 fully saturated rings. The summed E-state index contributed by atoms with van der Waals surface area (Å²) in [7, 11) is 0. The van der Waals surface area contributed by atoms with Crippen LogP contribution >= 0.6 is 0 Å². The van der Waals surface area contributed by atoms with Crippen molar-refractivity contribution in [2.45, 2.75) is 443 Å². The van der Waals surface area contributed by atoms with Gasteiger partial charge in [0.2, 0.25) is 5.91 Å². The summed E-state index contributed by atoms with van der Waals surface area (Å²) < 4.78 is 5.49. The lowest BCUT2D eigenvalue weighted by Crippen LogP contribution is -2.45. The molecule has 512 valence electrons. The Balaban J connectivity index is 3.41. The number of allylic oxidation sites excluding steroid dienone is 8. The molecule has 0 saturated heterocycles. The van der Waals surface area contributed by atoms with E-state index in [0.29, 0.717) is 25.9 Å². The molecule has 0 aromatic heterocycles. The Morgan fingerprint density at radius 1 is 0.322 bits per heavy atom. The molecule has 87 heavy (non-hydrogen) atoms. The predicted molar refractivity (Wildman–Crippen MR) is 384 cm³/mol. The average Bonchev–Trinajstić information content (AvgIpc) is 3.52. The van der Waals surface area contributed by atoms with Gasteiger partial charge >= 0.3 is 5.97 Å². The van der Waals surface area contributed by atoms with Gasteiger partial charge in [0.25, 0.3) is 0 Å². The zero-order chi connectivity index (χ0) is 62.8. The zero-order valence-corrected chi connectivity index (χ0v) is 58.8. The van der Waals surface area contributed by atoms with Crippen LogP contribution in [0.2, 0.25) is 0 Å². The van der Waals surface area contributed by atoms with Gasteiger partial charge in [0, 0.05) is 12.8 Å². The van der Waals surface area contributed by atoms with Crippen LogP contribution in [-0.2, 0) is 14.3 Å². The van der Waals surface area contributed by atoms with Crippen molar-refractivity contribution >= 4 is 11.9 Å². The SMILES string of the molecule is CCCCCC/C=C\C/C=C\CCCCCCCC(=O)OCCCCCCCCCCC/C=C\C/C=C\CCCCCCCCCCCCCCCC(=O)NC(CO)C(O)CCCCCCCCCCCCCCCCCCCCCCCCCCC. The summed E-state index contributed by atoms with van der Waals surface area (Å²) in [6.07, 6.45) is 100. The highest BCUT2D eigenvalue weighted by atomic mass is 16.5. The minimum Gasteiger partial charge on any atom is -0.466 e. The van der Waals surface area contributed by atoms with Crippen molar-refractivity contribution in [1.82, 2.24) is 5.32 Å². The van der Waals surface area contributed by atoms with E-state index >= 15 is 0 Å². The van der Waals surface area contributed by atoms with E-state index in [1.54, 1.807) is 0 Å². The Bertz CT molecular complexity index is 1450. The lowest BCUT2D eigenvalue weighted by atomic mass is 10.0. The first-order valence-corrected chi connectivity index (χ1v) is 39.4. The van der Waals surface area contributed by atoms with Gasteiger partial charge in [0.15, 0.2) is 0 Å². The molecule has 6 heteroatoms. The van der Waals surface area contributed by atoms with E-state index < -0.39 is 12.1 Å². The van der Waals surface area contributed by atoms with Crippen LogP contribution in [-0.4, -0.2) is 47.4 Å². The number of hydrogen-bond acceptors (Lipinski definition) is 5. The highest BCUT2D eigenvalue weighted by molar-refractivity contribution is 5.76. The first-order chi connectivity index (χ1) is 43.0. The molecule has 0 aromatic rings. The molecule has 6 nitrogen and oxygen atoms in total. The predicted octanol–water partition coefficient (Wildman–Crippen LogP) is 26.0. The molecule has 0 aromatic carbocycles. The number of esters is 1. The molecule has 3 N–H and O–H groups in total. The number of amides is 1. The highest BCUT2D eigenvalue weighted by Crippen LogP contribution is 2.19. The lowest BCUT2D eigenvalue weighted by molar-refractivity contribution is -0.143. The maximum atomic E-state index is 12.6. The number of hydrogen-bond donors (Lipinski definition) is 3. The van der Waals surface area contributed by atoms with Crippen LogP contribution in [0.4, 0.5) is 0 Å². The number of nitrogens with one attached hydrogen (secondary N) is 1. The molecular weight excluding hydrogens is 1070 g/mol. The second-order valence-electron chi connectivity index (χ2n) is 27.0. The molecule has 0 aliphatic heterocycles. The van der Waals surface area contributed by atoms with Crippen LogP contribution in [0.5, 0.6) is 0 Å². The Kier molecular flexibility index (Phi) is 74.4. The molecule has 0 heterocycles. The minimum absolute atomic E-state index is 0.000919. The number of carbonyl (C=O) groups excluding carboxylic acids is 2. The molecule has 2 atom stereocenters. The maximum absolute atomic E-state index is 12.6. The van der Waals surface area contributed by atoms with Crippen molar-refractivity contribution in [2.24, 2.45) is 0 Å². The van der Waals surface area contributed by atoms with Gasteiger partial charge in [-0.2, -0.15) is 0 Å². The molecular formula is C81H153NO5. The van der Waals surface area contributed by atoms with Crippen LogP contribution in [0.3, 0.4) is 0 Å². The second-order valence-corrected chi connectivity index (χ2v) is 27.0. The van der Waals surface area contributed by atoms with E-state index in [1.807, 2.05) is 0 Å². The summed E-state index contributed by atoms with van der Waals surface area (Å²) in [5, 5.41) is 23.5. The maximum Gasteiger partial charge on any atom is 0.305 e. The van der Waals surface area contributed by atoms with Gasteiger partial charge in [-0.3, -0.25) is 9.59 Å². The molecule has 0 aliphatic carbocycles. The molecule has 0 radical (unpaired) electrons. The number of ether oxygens (including phenoxy) is 1. The van der Waals surface area contributed by atoms with Gasteiger partial charge < -0.3 is 20.3 Å². The molecule has 0 aliphatic rings. The Labute approximate surface area is 544 Å². The summed E-state index contributed by atoms with van der Waals surface area (Å²) >= 11 is 0. The third kappa shape index (κ3) is 72.8. The van der Waals surface area contributed by atoms with E-state index in [1.165, 1.54) is 340 Å². The van der Waals surface area contributed by atoms with E-state index in [0.717, 1.165) is 57.8 Å². The van der Waals surface area contributed by atoms with Crippen LogP contribution in [0.15, 0.2) is 48.6 Å². The van der Waals surface area contributed by atoms with E-state index in [4.69, 9.17) is 4.74 Å². The second kappa shape index (κ2) is 76.3. The number of carbonyl (C=O) groups is 2. The lowest BCUT2D eigenvalue weighted by Gasteiger charge is -2.22. The van der Waals surface area contributed by atoms with Gasteiger partial charge in [-0.05, 0) is 89.9 Å². The first kappa shape index (κ1) is 84.8. The molecule has 0 rings (SSSR count). The van der Waals surface area contributed by atoms with Crippen molar-refractivity contribution in [3.05, 3.63) is 48.6 Å². The van der Waals surface area contributed by atoms with Crippen LogP contribution in [0.1, 0.15) is 431 Å². The Hall–Kier alpha value is -2.18. The normalized spacial score (nSPS) is 12.7. The molecule has 1 amide bonds. The van der Waals surface area contributed by atoms with Gasteiger partial charge in [0.1, 0.15) is 0 Å². The third-order valence-electron chi connectivity index (χ3n) is 18.4. The molecule has 0 spiro atoms. The Morgan fingerprint density at radius 2 is 0.575 bits per heavy atom. The summed E-state index contributed by atoms with van der Waals surface area (Å²) in [6, 6.07) is -0.545. The van der Waals surface area contributed by atoms with E-state index in [-0.39, 0.29) is 18.5 Å². The van der Waals surface area contributed by atoms with Crippen molar-refractivity contribution < 1.29 is 24.5 Å². The van der Waals surface area contributed by atoms with E-state index in [9.17, 15) is 19.8 Å². The number of aliphatic hydroxyl groups excluding tert-OH is 2. The zero-order valence-electron chi connectivity index (χ0n) is 58.8. The fourth-order valence-corrected chi connectivity index (χ4v) is 12.4. The fraction of sp³-hybridized carbons (Fsp3) is 0.877. The largest absolute Gasteiger partial charge is 0.466 e. The Morgan fingerprint density at radius 3 is 0.885 bits per heavy atom. The summed E-state index contributed by atoms with van der Waals surface area (Å²) in [5.41, 5.74) is 0. The van der Waals surface area contributed by atoms with Crippen molar-refractivity contribution in [2.75, 3.05) is 13.2 Å². The topological polar surface area (TPSA) is 95.9 Å². The van der Waals surface area contributed by atoms with Gasteiger partial charge in [-0.25, -0.2) is 0 Å². The van der Waals surface area contributed by atoms with Crippen molar-refractivity contribution in [1.29, 1.82) is 0 Å². The molecule has 0 saturated carbocycles. The highest BCUT2D eigenvalue weighted by Gasteiger charge is 2.20. The van der Waals surface area contributed by atoms with Gasteiger partial charge in [0.05, 0.1) is 25.4 Å². The van der Waals surface area contributed by atoms with Crippen LogP contribution < -0.4 is 5.32 Å². The number of rotatable bonds is 74. The van der Waals surface area contributed by atoms with Gasteiger partial charge in [-0.1, -0.05) is 377 Å². The molecule has 2 unspecified atom stereocenters. The number of aliphatic hydroxyl groups is 2. The van der Waals surface area contributed by atoms with Crippen LogP contribution in [0.25, 0.3) is 0 Å². The average molecular weight is 1220 g/mol. The summed E-state index contributed by atoms with van der Waals surface area (Å²) in [4.78, 5) is 24.7. The quantitative estimate of drug-likeness (QED) is 0.0320. The minimum atomic E-state index is -0.668. The van der Waals surface area contributed by atoms with Crippen LogP contribution in [0, 0.1) is 0 Å². The smallest absolute Gasteiger partial charge is 0.305 e. The monoisotopic (exact) mass is 1220 g/mol. The summed E-state index contributed by atoms with van der Waals surface area (Å²) in [5.74, 6) is -0.0321. The van der Waals surface area contributed by atoms with Crippen molar-refractivity contribution in [3.8, 4) is 0 Å². The van der Waals surface area contributed by atoms with E-state index in [2.05, 4.69) is 67.8 Å². The standard InChI is InChI=1S/C81H153NO5/c1-3-5-7-9-11-13-15-17-19-21-22-23-24-30-33-36-39-42-45-49-53-57-61-65-69-73-79(84)78(77-83)82-80(85)74-70-66-62-58-54-50-46-43-40-37-34-31-28-26-25-27-29-32-35-38-41-44-48-52-56-60-64-68-72-76-87-81(86)75-71-67-63-59-55-51-47-20-18-16-14-12-10-8-6-4-2/h14,16,20,25,27,32,35,47,78-79,83-84H,3-13,15,17-19,21-24,26,28-31,33-34,36-46,48-77H2,1-2H3,(H,82,85)/b16-14-,27-25-,35-32-,47-20-. The fourth-order valence-electron chi connectivity index (χ4n) is 12.4. The van der Waals surface area contributed by atoms with Gasteiger partial charge in [-0.15, -0.1) is 0 Å². The van der Waals surface area contributed by atoms with Crippen molar-refractivity contribution in [3.63, 3.8) is 0 Å². The summed E-state index contributed by atoms with van der Waals surface area (Å²) in [6.45, 7) is 4.97. The first-order valence-electron chi connectivity index (χ1n) is 39.4.